The Balaban J connectivity index is 1.84. The quantitative estimate of drug-likeness (QED) is 0.831. The number of rotatable bonds is 2. The van der Waals surface area contributed by atoms with E-state index in [1.807, 2.05) is 6.07 Å². The van der Waals surface area contributed by atoms with Gasteiger partial charge in [-0.05, 0) is 25.0 Å². The molecule has 0 aliphatic carbocycles. The van der Waals surface area contributed by atoms with Crippen molar-refractivity contribution in [2.24, 2.45) is 0 Å². The predicted octanol–water partition coefficient (Wildman–Crippen LogP) is 1.15. The number of ether oxygens (including phenoxy) is 1. The van der Waals surface area contributed by atoms with Crippen LogP contribution in [-0.2, 0) is 4.74 Å². The number of anilines is 1. The van der Waals surface area contributed by atoms with Crippen LogP contribution in [0.5, 0.6) is 0 Å². The lowest BCUT2D eigenvalue weighted by atomic mass is 10.2. The molecule has 0 aromatic carbocycles. The van der Waals surface area contributed by atoms with Gasteiger partial charge in [-0.1, -0.05) is 6.07 Å². The fourth-order valence-electron chi connectivity index (χ4n) is 2.52. The van der Waals surface area contributed by atoms with E-state index in [0.29, 0.717) is 0 Å². The second kappa shape index (κ2) is 4.00. The van der Waals surface area contributed by atoms with Crippen molar-refractivity contribution < 1.29 is 14.6 Å². The van der Waals surface area contributed by atoms with Gasteiger partial charge in [0.2, 0.25) is 0 Å². The number of nitrogens with zero attached hydrogens (tertiary/aromatic N) is 2. The van der Waals surface area contributed by atoms with E-state index in [4.69, 9.17) is 9.84 Å². The number of aromatic nitrogens is 1. The van der Waals surface area contributed by atoms with E-state index >= 15 is 0 Å². The SMILES string of the molecule is O=C(O)c1cccc(N2CC3CCC(C2)O3)n1. The number of aromatic carboxylic acids is 1. The molecule has 2 saturated heterocycles. The number of hydrogen-bond donors (Lipinski definition) is 1. The van der Waals surface area contributed by atoms with E-state index in [2.05, 4.69) is 9.88 Å². The fourth-order valence-corrected chi connectivity index (χ4v) is 2.52. The molecule has 0 amide bonds. The van der Waals surface area contributed by atoms with Gasteiger partial charge in [0.1, 0.15) is 5.82 Å². The summed E-state index contributed by atoms with van der Waals surface area (Å²) in [6.07, 6.45) is 2.76. The van der Waals surface area contributed by atoms with E-state index in [1.54, 1.807) is 6.07 Å². The van der Waals surface area contributed by atoms with Gasteiger partial charge in [-0.2, -0.15) is 0 Å². The van der Waals surface area contributed by atoms with Gasteiger partial charge < -0.3 is 14.7 Å². The highest BCUT2D eigenvalue weighted by molar-refractivity contribution is 5.85. The van der Waals surface area contributed by atoms with Crippen molar-refractivity contribution in [2.45, 2.75) is 25.0 Å². The van der Waals surface area contributed by atoms with Crippen molar-refractivity contribution in [2.75, 3.05) is 18.0 Å². The molecular formula is C12H14N2O3. The summed E-state index contributed by atoms with van der Waals surface area (Å²) in [6.45, 7) is 1.62. The molecule has 17 heavy (non-hydrogen) atoms. The van der Waals surface area contributed by atoms with E-state index in [9.17, 15) is 4.79 Å². The number of hydrogen-bond acceptors (Lipinski definition) is 4. The maximum Gasteiger partial charge on any atom is 0.354 e. The summed E-state index contributed by atoms with van der Waals surface area (Å²) >= 11 is 0. The Morgan fingerprint density at radius 1 is 1.35 bits per heavy atom. The molecule has 3 rings (SSSR count). The molecule has 5 heteroatoms. The first-order chi connectivity index (χ1) is 8.22. The Kier molecular flexibility index (Phi) is 2.48. The standard InChI is InChI=1S/C12H14N2O3/c15-12(16)10-2-1-3-11(13-10)14-6-8-4-5-9(7-14)17-8/h1-3,8-9H,4-7H2,(H,15,16). The average molecular weight is 234 g/mol. The van der Waals surface area contributed by atoms with Crippen molar-refractivity contribution in [1.82, 2.24) is 4.98 Å². The third-order valence-electron chi connectivity index (χ3n) is 3.32. The lowest BCUT2D eigenvalue weighted by Gasteiger charge is -2.33. The second-order valence-corrected chi connectivity index (χ2v) is 4.55. The van der Waals surface area contributed by atoms with Crippen molar-refractivity contribution >= 4 is 11.8 Å². The van der Waals surface area contributed by atoms with Crippen LogP contribution in [-0.4, -0.2) is 41.4 Å². The molecule has 2 unspecified atom stereocenters. The molecule has 0 spiro atoms. The molecule has 90 valence electrons. The molecule has 2 aliphatic heterocycles. The van der Waals surface area contributed by atoms with Crippen molar-refractivity contribution in [3.63, 3.8) is 0 Å². The summed E-state index contributed by atoms with van der Waals surface area (Å²) in [5.41, 5.74) is 0.0985. The Hall–Kier alpha value is -1.62. The van der Waals surface area contributed by atoms with Gasteiger partial charge in [0.05, 0.1) is 12.2 Å². The van der Waals surface area contributed by atoms with E-state index in [1.165, 1.54) is 6.07 Å². The summed E-state index contributed by atoms with van der Waals surface area (Å²) < 4.78 is 5.74. The topological polar surface area (TPSA) is 62.7 Å². The van der Waals surface area contributed by atoms with Crippen LogP contribution in [0, 0.1) is 0 Å². The summed E-state index contributed by atoms with van der Waals surface area (Å²) in [6, 6.07) is 5.11. The lowest BCUT2D eigenvalue weighted by Crippen LogP contribution is -2.43. The molecule has 1 aromatic rings. The molecule has 5 nitrogen and oxygen atoms in total. The van der Waals surface area contributed by atoms with Gasteiger partial charge in [-0.15, -0.1) is 0 Å². The van der Waals surface area contributed by atoms with E-state index in [-0.39, 0.29) is 17.9 Å². The van der Waals surface area contributed by atoms with Crippen LogP contribution in [0.1, 0.15) is 23.3 Å². The van der Waals surface area contributed by atoms with Crippen LogP contribution in [0.15, 0.2) is 18.2 Å². The Labute approximate surface area is 99.0 Å². The molecule has 1 N–H and O–H groups in total. The average Bonchev–Trinajstić information content (AvgIpc) is 2.68. The highest BCUT2D eigenvalue weighted by Crippen LogP contribution is 2.28. The van der Waals surface area contributed by atoms with Gasteiger partial charge >= 0.3 is 5.97 Å². The van der Waals surface area contributed by atoms with Gasteiger partial charge in [0.25, 0.3) is 0 Å². The number of morpholine rings is 1. The Morgan fingerprint density at radius 2 is 2.06 bits per heavy atom. The minimum absolute atomic E-state index is 0.0985. The molecule has 2 fully saturated rings. The largest absolute Gasteiger partial charge is 0.477 e. The van der Waals surface area contributed by atoms with Crippen molar-refractivity contribution in [3.8, 4) is 0 Å². The maximum absolute atomic E-state index is 10.9. The first-order valence-electron chi connectivity index (χ1n) is 5.83. The molecular weight excluding hydrogens is 220 g/mol. The van der Waals surface area contributed by atoms with Gasteiger partial charge in [0.15, 0.2) is 5.69 Å². The molecule has 2 atom stereocenters. The molecule has 2 aliphatic rings. The summed E-state index contributed by atoms with van der Waals surface area (Å²) in [7, 11) is 0. The lowest BCUT2D eigenvalue weighted by molar-refractivity contribution is 0.0302. The highest BCUT2D eigenvalue weighted by atomic mass is 16.5. The number of carboxylic acids is 1. The Morgan fingerprint density at radius 3 is 2.71 bits per heavy atom. The minimum atomic E-state index is -0.983. The maximum atomic E-state index is 10.9. The van der Waals surface area contributed by atoms with Crippen LogP contribution in [0.4, 0.5) is 5.82 Å². The van der Waals surface area contributed by atoms with E-state index in [0.717, 1.165) is 31.7 Å². The predicted molar refractivity (Wildman–Crippen MR) is 61.3 cm³/mol. The molecule has 0 saturated carbocycles. The third kappa shape index (κ3) is 1.98. The van der Waals surface area contributed by atoms with Crippen molar-refractivity contribution in [1.29, 1.82) is 0 Å². The summed E-state index contributed by atoms with van der Waals surface area (Å²) in [5, 5.41) is 8.92. The summed E-state index contributed by atoms with van der Waals surface area (Å²) in [4.78, 5) is 17.2. The first-order valence-corrected chi connectivity index (χ1v) is 5.83. The number of carboxylic acid groups (broad SMARTS) is 1. The van der Waals surface area contributed by atoms with Gasteiger partial charge in [-0.25, -0.2) is 9.78 Å². The number of pyridine rings is 1. The zero-order valence-electron chi connectivity index (χ0n) is 9.37. The molecule has 0 radical (unpaired) electrons. The zero-order valence-corrected chi connectivity index (χ0v) is 9.37. The van der Waals surface area contributed by atoms with Crippen LogP contribution in [0.2, 0.25) is 0 Å². The monoisotopic (exact) mass is 234 g/mol. The molecule has 2 bridgehead atoms. The third-order valence-corrected chi connectivity index (χ3v) is 3.32. The Bertz CT molecular complexity index is 437. The van der Waals surface area contributed by atoms with Crippen LogP contribution >= 0.6 is 0 Å². The number of fused-ring (bicyclic) bond motifs is 2. The van der Waals surface area contributed by atoms with Crippen LogP contribution < -0.4 is 4.90 Å². The molecule has 3 heterocycles. The van der Waals surface area contributed by atoms with Crippen LogP contribution in [0.25, 0.3) is 0 Å². The molecule has 1 aromatic heterocycles. The van der Waals surface area contributed by atoms with E-state index < -0.39 is 5.97 Å². The van der Waals surface area contributed by atoms with Crippen LogP contribution in [0.3, 0.4) is 0 Å². The minimum Gasteiger partial charge on any atom is -0.477 e. The fraction of sp³-hybridized carbons (Fsp3) is 0.500. The zero-order chi connectivity index (χ0) is 11.8. The summed E-state index contributed by atoms with van der Waals surface area (Å²) in [5.74, 6) is -0.242. The first kappa shape index (κ1) is 10.5. The van der Waals surface area contributed by atoms with Crippen molar-refractivity contribution in [3.05, 3.63) is 23.9 Å². The smallest absolute Gasteiger partial charge is 0.354 e. The highest BCUT2D eigenvalue weighted by Gasteiger charge is 2.34. The number of carbonyl (C=O) groups is 1. The van der Waals surface area contributed by atoms with Gasteiger partial charge in [0, 0.05) is 13.1 Å². The van der Waals surface area contributed by atoms with Gasteiger partial charge in [-0.3, -0.25) is 0 Å². The normalized spacial score (nSPS) is 27.2. The second-order valence-electron chi connectivity index (χ2n) is 4.55.